The Hall–Kier alpha value is -1.48. The van der Waals surface area contributed by atoms with Crippen LogP contribution in [0.2, 0.25) is 5.02 Å². The standard InChI is InChI=1S/C16H22ClN3/c1-2-3-4-5-6-11-14-15(16(18)20-19-14)12-9-7-8-10-13(12)17/h7-10H,2-6,11H2,1H3,(H3,18,19,20). The van der Waals surface area contributed by atoms with Crippen molar-refractivity contribution in [3.8, 4) is 11.1 Å². The second-order valence-corrected chi connectivity index (χ2v) is 5.51. The van der Waals surface area contributed by atoms with E-state index in [1.54, 1.807) is 0 Å². The molecule has 0 fully saturated rings. The number of nitrogen functional groups attached to an aromatic ring is 1. The molecule has 20 heavy (non-hydrogen) atoms. The predicted octanol–water partition coefficient (Wildman–Crippen LogP) is 4.83. The second kappa shape index (κ2) is 7.34. The topological polar surface area (TPSA) is 54.7 Å². The maximum atomic E-state index is 6.26. The zero-order chi connectivity index (χ0) is 14.4. The van der Waals surface area contributed by atoms with Crippen LogP contribution in [0.4, 0.5) is 5.82 Å². The predicted molar refractivity (Wildman–Crippen MR) is 85.9 cm³/mol. The number of nitrogens with one attached hydrogen (secondary N) is 1. The Labute approximate surface area is 125 Å². The normalized spacial score (nSPS) is 10.9. The first-order valence-electron chi connectivity index (χ1n) is 7.31. The number of unbranched alkanes of at least 4 members (excludes halogenated alkanes) is 4. The van der Waals surface area contributed by atoms with E-state index < -0.39 is 0 Å². The van der Waals surface area contributed by atoms with Crippen molar-refractivity contribution < 1.29 is 0 Å². The Morgan fingerprint density at radius 2 is 1.90 bits per heavy atom. The maximum absolute atomic E-state index is 6.26. The summed E-state index contributed by atoms with van der Waals surface area (Å²) in [5, 5.41) is 7.92. The molecule has 0 spiro atoms. The van der Waals surface area contributed by atoms with Crippen LogP contribution in [0.25, 0.3) is 11.1 Å². The van der Waals surface area contributed by atoms with Crippen LogP contribution in [-0.4, -0.2) is 10.2 Å². The van der Waals surface area contributed by atoms with E-state index in [2.05, 4.69) is 17.1 Å². The SMILES string of the molecule is CCCCCCCc1[nH]nc(N)c1-c1ccccc1Cl. The van der Waals surface area contributed by atoms with Gasteiger partial charge >= 0.3 is 0 Å². The Balaban J connectivity index is 2.10. The number of aromatic nitrogens is 2. The number of hydrogen-bond acceptors (Lipinski definition) is 2. The van der Waals surface area contributed by atoms with Crippen molar-refractivity contribution in [3.63, 3.8) is 0 Å². The van der Waals surface area contributed by atoms with Gasteiger partial charge in [-0.15, -0.1) is 0 Å². The van der Waals surface area contributed by atoms with Crippen molar-refractivity contribution in [1.29, 1.82) is 0 Å². The highest BCUT2D eigenvalue weighted by molar-refractivity contribution is 6.33. The summed E-state index contributed by atoms with van der Waals surface area (Å²) in [5.74, 6) is 0.529. The molecule has 0 radical (unpaired) electrons. The molecule has 0 amide bonds. The van der Waals surface area contributed by atoms with Gasteiger partial charge in [0.2, 0.25) is 0 Å². The molecule has 0 bridgehead atoms. The maximum Gasteiger partial charge on any atom is 0.153 e. The van der Waals surface area contributed by atoms with Crippen LogP contribution in [0.3, 0.4) is 0 Å². The van der Waals surface area contributed by atoms with E-state index in [0.717, 1.165) is 29.7 Å². The number of anilines is 1. The molecule has 108 valence electrons. The molecule has 0 aliphatic heterocycles. The summed E-state index contributed by atoms with van der Waals surface area (Å²) in [6.07, 6.45) is 7.23. The van der Waals surface area contributed by atoms with Gasteiger partial charge in [0.05, 0.1) is 0 Å². The van der Waals surface area contributed by atoms with Crippen molar-refractivity contribution >= 4 is 17.4 Å². The second-order valence-electron chi connectivity index (χ2n) is 5.11. The van der Waals surface area contributed by atoms with Gasteiger partial charge in [-0.25, -0.2) is 0 Å². The lowest BCUT2D eigenvalue weighted by Gasteiger charge is -2.06. The highest BCUT2D eigenvalue weighted by Crippen LogP contribution is 2.34. The Bertz CT molecular complexity index is 548. The van der Waals surface area contributed by atoms with Gasteiger partial charge in [-0.3, -0.25) is 5.10 Å². The number of nitrogens with two attached hydrogens (primary N) is 1. The summed E-state index contributed by atoms with van der Waals surface area (Å²) < 4.78 is 0. The van der Waals surface area contributed by atoms with Crippen molar-refractivity contribution in [3.05, 3.63) is 35.0 Å². The van der Waals surface area contributed by atoms with E-state index in [1.807, 2.05) is 24.3 Å². The van der Waals surface area contributed by atoms with Crippen molar-refractivity contribution in [2.75, 3.05) is 5.73 Å². The van der Waals surface area contributed by atoms with Gasteiger partial charge in [-0.2, -0.15) is 5.10 Å². The lowest BCUT2D eigenvalue weighted by atomic mass is 10.0. The number of rotatable bonds is 7. The van der Waals surface area contributed by atoms with Crippen LogP contribution in [0, 0.1) is 0 Å². The lowest BCUT2D eigenvalue weighted by molar-refractivity contribution is 0.628. The molecule has 2 rings (SSSR count). The molecule has 1 aromatic heterocycles. The van der Waals surface area contributed by atoms with Gasteiger partial charge in [0.25, 0.3) is 0 Å². The van der Waals surface area contributed by atoms with Crippen molar-refractivity contribution in [1.82, 2.24) is 10.2 Å². The molecule has 4 heteroatoms. The van der Waals surface area contributed by atoms with Crippen LogP contribution in [0.1, 0.15) is 44.7 Å². The Morgan fingerprint density at radius 1 is 1.15 bits per heavy atom. The van der Waals surface area contributed by atoms with Gasteiger partial charge in [-0.1, -0.05) is 62.4 Å². The van der Waals surface area contributed by atoms with Crippen molar-refractivity contribution in [2.24, 2.45) is 0 Å². The zero-order valence-corrected chi connectivity index (χ0v) is 12.7. The minimum atomic E-state index is 0.529. The lowest BCUT2D eigenvalue weighted by Crippen LogP contribution is -1.92. The first-order chi connectivity index (χ1) is 9.74. The van der Waals surface area contributed by atoms with Gasteiger partial charge in [0.15, 0.2) is 5.82 Å². The molecule has 0 saturated carbocycles. The number of hydrogen-bond donors (Lipinski definition) is 2. The number of H-pyrrole nitrogens is 1. The third-order valence-electron chi connectivity index (χ3n) is 3.54. The van der Waals surface area contributed by atoms with Gasteiger partial charge < -0.3 is 5.73 Å². The van der Waals surface area contributed by atoms with Crippen LogP contribution in [-0.2, 0) is 6.42 Å². The number of nitrogens with zero attached hydrogens (tertiary/aromatic N) is 1. The highest BCUT2D eigenvalue weighted by atomic mass is 35.5. The summed E-state index contributed by atoms with van der Waals surface area (Å²) in [5.41, 5.74) is 9.01. The molecule has 0 aliphatic carbocycles. The quantitative estimate of drug-likeness (QED) is 0.718. The molecule has 3 nitrogen and oxygen atoms in total. The Morgan fingerprint density at radius 3 is 2.65 bits per heavy atom. The average molecular weight is 292 g/mol. The van der Waals surface area contributed by atoms with E-state index >= 15 is 0 Å². The molecule has 1 aromatic carbocycles. The molecular weight excluding hydrogens is 270 g/mol. The zero-order valence-electron chi connectivity index (χ0n) is 12.0. The summed E-state index contributed by atoms with van der Waals surface area (Å²) in [6, 6.07) is 7.77. The number of benzene rings is 1. The summed E-state index contributed by atoms with van der Waals surface area (Å²) in [7, 11) is 0. The molecule has 1 heterocycles. The monoisotopic (exact) mass is 291 g/mol. The molecule has 0 unspecified atom stereocenters. The smallest absolute Gasteiger partial charge is 0.153 e. The first kappa shape index (κ1) is 14.9. The van der Waals surface area contributed by atoms with Gasteiger partial charge in [-0.05, 0) is 18.9 Å². The fraction of sp³-hybridized carbons (Fsp3) is 0.438. The molecule has 0 atom stereocenters. The fourth-order valence-corrected chi connectivity index (χ4v) is 2.68. The molecular formula is C16H22ClN3. The number of aryl methyl sites for hydroxylation is 1. The molecule has 2 aromatic rings. The number of aromatic amines is 1. The fourth-order valence-electron chi connectivity index (χ4n) is 2.44. The van der Waals surface area contributed by atoms with Gasteiger partial charge in [0, 0.05) is 21.8 Å². The molecule has 0 saturated heterocycles. The third kappa shape index (κ3) is 3.54. The van der Waals surface area contributed by atoms with Crippen molar-refractivity contribution in [2.45, 2.75) is 45.4 Å². The Kier molecular flexibility index (Phi) is 5.48. The largest absolute Gasteiger partial charge is 0.382 e. The van der Waals surface area contributed by atoms with E-state index in [4.69, 9.17) is 17.3 Å². The van der Waals surface area contributed by atoms with E-state index in [9.17, 15) is 0 Å². The minimum absolute atomic E-state index is 0.529. The highest BCUT2D eigenvalue weighted by Gasteiger charge is 2.14. The van der Waals surface area contributed by atoms with E-state index in [0.29, 0.717) is 10.8 Å². The molecule has 3 N–H and O–H groups in total. The summed E-state index contributed by atoms with van der Waals surface area (Å²) >= 11 is 6.26. The first-order valence-corrected chi connectivity index (χ1v) is 7.69. The summed E-state index contributed by atoms with van der Waals surface area (Å²) in [4.78, 5) is 0. The van der Waals surface area contributed by atoms with E-state index in [1.165, 1.54) is 25.7 Å². The average Bonchev–Trinajstić information content (AvgIpc) is 2.80. The van der Waals surface area contributed by atoms with E-state index in [-0.39, 0.29) is 0 Å². The van der Waals surface area contributed by atoms with Crippen LogP contribution in [0.15, 0.2) is 24.3 Å². The van der Waals surface area contributed by atoms with Crippen LogP contribution < -0.4 is 5.73 Å². The van der Waals surface area contributed by atoms with Crippen LogP contribution >= 0.6 is 11.6 Å². The molecule has 0 aliphatic rings. The summed E-state index contributed by atoms with van der Waals surface area (Å²) in [6.45, 7) is 2.23. The van der Waals surface area contributed by atoms with Crippen LogP contribution in [0.5, 0.6) is 0 Å². The number of halogens is 1. The third-order valence-corrected chi connectivity index (χ3v) is 3.87. The minimum Gasteiger partial charge on any atom is -0.382 e. The van der Waals surface area contributed by atoms with Gasteiger partial charge in [0.1, 0.15) is 0 Å².